The van der Waals surface area contributed by atoms with Crippen LogP contribution in [0.3, 0.4) is 0 Å². The van der Waals surface area contributed by atoms with Crippen molar-refractivity contribution in [3.63, 3.8) is 0 Å². The number of nitrogens with one attached hydrogen (secondary N) is 1. The fourth-order valence-corrected chi connectivity index (χ4v) is 2.50. The summed E-state index contributed by atoms with van der Waals surface area (Å²) in [5, 5.41) is 2.52. The van der Waals surface area contributed by atoms with Crippen LogP contribution in [0.5, 0.6) is 5.75 Å². The van der Waals surface area contributed by atoms with Crippen molar-refractivity contribution in [1.82, 2.24) is 10.2 Å². The van der Waals surface area contributed by atoms with Gasteiger partial charge in [0.05, 0.1) is 13.7 Å². The Morgan fingerprint density at radius 1 is 1.25 bits per heavy atom. The van der Waals surface area contributed by atoms with E-state index in [4.69, 9.17) is 15.6 Å². The molecule has 3 amide bonds. The monoisotopic (exact) mass is 380 g/mol. The van der Waals surface area contributed by atoms with Crippen LogP contribution in [0.15, 0.2) is 46.5 Å². The summed E-state index contributed by atoms with van der Waals surface area (Å²) < 4.78 is 15.1. The first kappa shape index (κ1) is 18.8. The zero-order valence-electron chi connectivity index (χ0n) is 14.9. The van der Waals surface area contributed by atoms with Crippen molar-refractivity contribution in [2.24, 2.45) is 0 Å². The van der Waals surface area contributed by atoms with Crippen LogP contribution >= 0.6 is 0 Å². The third kappa shape index (κ3) is 4.04. The maximum atomic E-state index is 12.5. The van der Waals surface area contributed by atoms with Crippen LogP contribution in [0.4, 0.5) is 4.79 Å². The molecule has 0 bridgehead atoms. The number of urea groups is 1. The summed E-state index contributed by atoms with van der Waals surface area (Å²) in [5.41, 5.74) is 0.826. The van der Waals surface area contributed by atoms with Crippen LogP contribution < -0.4 is 10.1 Å². The highest BCUT2D eigenvalue weighted by molar-refractivity contribution is 6.13. The molecule has 1 aromatic carbocycles. The first-order valence-corrected chi connectivity index (χ1v) is 8.19. The van der Waals surface area contributed by atoms with Gasteiger partial charge in [-0.1, -0.05) is 18.1 Å². The SMILES string of the molecule is C#CCOc1ccc(/C=C2\NC(=O)N(Cc3ccc(C(=O)OC)o3)C2=O)cc1. The minimum Gasteiger partial charge on any atom is -0.481 e. The summed E-state index contributed by atoms with van der Waals surface area (Å²) in [6.07, 6.45) is 6.69. The van der Waals surface area contributed by atoms with Crippen molar-refractivity contribution in [2.45, 2.75) is 6.54 Å². The Kier molecular flexibility index (Phi) is 5.46. The lowest BCUT2D eigenvalue weighted by Gasteiger charge is -2.09. The molecular weight excluding hydrogens is 364 g/mol. The van der Waals surface area contributed by atoms with Crippen LogP contribution in [0, 0.1) is 12.3 Å². The maximum Gasteiger partial charge on any atom is 0.373 e. The third-order valence-corrected chi connectivity index (χ3v) is 3.84. The first-order valence-electron chi connectivity index (χ1n) is 8.19. The molecule has 0 radical (unpaired) electrons. The molecule has 3 rings (SSSR count). The number of furan rings is 1. The molecule has 0 spiro atoms. The minimum atomic E-state index is -0.640. The van der Waals surface area contributed by atoms with Crippen LogP contribution in [0.1, 0.15) is 21.9 Å². The van der Waals surface area contributed by atoms with Gasteiger partial charge in [-0.3, -0.25) is 9.69 Å². The fraction of sp³-hybridized carbons (Fsp3) is 0.150. The van der Waals surface area contributed by atoms with E-state index >= 15 is 0 Å². The third-order valence-electron chi connectivity index (χ3n) is 3.84. The number of nitrogens with zero attached hydrogens (tertiary/aromatic N) is 1. The highest BCUT2D eigenvalue weighted by Gasteiger charge is 2.34. The number of ether oxygens (including phenoxy) is 2. The smallest absolute Gasteiger partial charge is 0.373 e. The zero-order valence-corrected chi connectivity index (χ0v) is 14.9. The lowest BCUT2D eigenvalue weighted by atomic mass is 10.2. The zero-order chi connectivity index (χ0) is 20.1. The van der Waals surface area contributed by atoms with Crippen LogP contribution in [-0.2, 0) is 16.1 Å². The molecule has 1 fully saturated rings. The lowest BCUT2D eigenvalue weighted by Crippen LogP contribution is -2.30. The maximum absolute atomic E-state index is 12.5. The van der Waals surface area contributed by atoms with E-state index in [9.17, 15) is 14.4 Å². The standard InChI is InChI=1S/C20H16N2O6/c1-3-10-27-14-6-4-13(5-7-14)11-16-18(23)22(20(25)21-16)12-15-8-9-17(28-15)19(24)26-2/h1,4-9,11H,10,12H2,2H3,(H,21,25)/b16-11-. The molecule has 142 valence electrons. The number of methoxy groups -OCH3 is 1. The summed E-state index contributed by atoms with van der Waals surface area (Å²) in [6.45, 7) is 0.0479. The van der Waals surface area contributed by atoms with E-state index in [1.165, 1.54) is 19.2 Å². The molecule has 2 heterocycles. The van der Waals surface area contributed by atoms with Gasteiger partial charge >= 0.3 is 12.0 Å². The Balaban J connectivity index is 1.70. The summed E-state index contributed by atoms with van der Waals surface area (Å²) >= 11 is 0. The Labute approximate surface area is 160 Å². The molecule has 2 aromatic rings. The van der Waals surface area contributed by atoms with Crippen molar-refractivity contribution in [2.75, 3.05) is 13.7 Å². The predicted octanol–water partition coefficient (Wildman–Crippen LogP) is 2.17. The van der Waals surface area contributed by atoms with Gasteiger partial charge in [0.25, 0.3) is 5.91 Å². The number of imide groups is 1. The molecule has 0 unspecified atom stereocenters. The van der Waals surface area contributed by atoms with E-state index in [-0.39, 0.29) is 30.4 Å². The van der Waals surface area contributed by atoms with Gasteiger partial charge in [-0.2, -0.15) is 0 Å². The molecule has 1 N–H and O–H groups in total. The van der Waals surface area contributed by atoms with Gasteiger partial charge in [0.15, 0.2) is 0 Å². The normalized spacial score (nSPS) is 14.7. The van der Waals surface area contributed by atoms with Crippen LogP contribution in [0.25, 0.3) is 6.08 Å². The van der Waals surface area contributed by atoms with E-state index in [1.807, 2.05) is 0 Å². The molecule has 0 atom stereocenters. The highest BCUT2D eigenvalue weighted by atomic mass is 16.5. The second-order valence-electron chi connectivity index (χ2n) is 5.70. The first-order chi connectivity index (χ1) is 13.5. The number of rotatable bonds is 6. The Morgan fingerprint density at radius 3 is 2.68 bits per heavy atom. The van der Waals surface area contributed by atoms with Crippen molar-refractivity contribution in [3.8, 4) is 18.1 Å². The van der Waals surface area contributed by atoms with Crippen LogP contribution in [0.2, 0.25) is 0 Å². The second kappa shape index (κ2) is 8.14. The van der Waals surface area contributed by atoms with Crippen molar-refractivity contribution < 1.29 is 28.3 Å². The molecule has 1 saturated heterocycles. The summed E-state index contributed by atoms with van der Waals surface area (Å²) in [7, 11) is 1.23. The van der Waals surface area contributed by atoms with Gasteiger partial charge in [0.2, 0.25) is 5.76 Å². The number of hydrogen-bond donors (Lipinski definition) is 1. The molecule has 0 saturated carbocycles. The van der Waals surface area contributed by atoms with Crippen molar-refractivity contribution >= 4 is 24.0 Å². The number of benzene rings is 1. The van der Waals surface area contributed by atoms with Crippen LogP contribution in [-0.4, -0.2) is 36.5 Å². The molecule has 28 heavy (non-hydrogen) atoms. The minimum absolute atomic E-state index is 0.00698. The molecular formula is C20H16N2O6. The quantitative estimate of drug-likeness (QED) is 0.357. The topological polar surface area (TPSA) is 98.1 Å². The number of carbonyl (C=O) groups is 3. The van der Waals surface area contributed by atoms with E-state index in [0.29, 0.717) is 11.3 Å². The largest absolute Gasteiger partial charge is 0.481 e. The lowest BCUT2D eigenvalue weighted by molar-refractivity contribution is -0.123. The van der Waals surface area contributed by atoms with E-state index < -0.39 is 17.9 Å². The predicted molar refractivity (Wildman–Crippen MR) is 97.9 cm³/mol. The Bertz CT molecular complexity index is 981. The fourth-order valence-electron chi connectivity index (χ4n) is 2.50. The van der Waals surface area contributed by atoms with Crippen molar-refractivity contribution in [1.29, 1.82) is 0 Å². The average molecular weight is 380 g/mol. The molecule has 1 aliphatic heterocycles. The number of amides is 3. The summed E-state index contributed by atoms with van der Waals surface area (Å²) in [4.78, 5) is 37.1. The Morgan fingerprint density at radius 2 is 2.00 bits per heavy atom. The molecule has 1 aliphatic rings. The van der Waals surface area contributed by atoms with Gasteiger partial charge in [-0.25, -0.2) is 9.59 Å². The number of carbonyl (C=O) groups excluding carboxylic acids is 3. The van der Waals surface area contributed by atoms with Gasteiger partial charge in [0.1, 0.15) is 23.8 Å². The van der Waals surface area contributed by atoms with E-state index in [2.05, 4.69) is 16.0 Å². The highest BCUT2D eigenvalue weighted by Crippen LogP contribution is 2.20. The molecule has 8 nitrogen and oxygen atoms in total. The molecule has 1 aromatic heterocycles. The van der Waals surface area contributed by atoms with E-state index in [1.54, 1.807) is 30.3 Å². The van der Waals surface area contributed by atoms with Crippen molar-refractivity contribution in [3.05, 3.63) is 59.2 Å². The Hall–Kier alpha value is -3.99. The number of esters is 1. The van der Waals surface area contributed by atoms with E-state index in [0.717, 1.165) is 4.90 Å². The van der Waals surface area contributed by atoms with Gasteiger partial charge < -0.3 is 19.2 Å². The summed E-state index contributed by atoms with van der Waals surface area (Å²) in [6, 6.07) is 9.22. The van der Waals surface area contributed by atoms with Gasteiger partial charge in [-0.05, 0) is 35.9 Å². The summed E-state index contributed by atoms with van der Waals surface area (Å²) in [5.74, 6) is 2.10. The molecule has 0 aliphatic carbocycles. The molecule has 8 heteroatoms. The number of terminal acetylenes is 1. The second-order valence-corrected chi connectivity index (χ2v) is 5.70. The number of hydrogen-bond acceptors (Lipinski definition) is 6. The average Bonchev–Trinajstić information content (AvgIpc) is 3.27. The van der Waals surface area contributed by atoms with Gasteiger partial charge in [-0.15, -0.1) is 6.42 Å². The van der Waals surface area contributed by atoms with Gasteiger partial charge in [0, 0.05) is 0 Å².